The van der Waals surface area contributed by atoms with Gasteiger partial charge in [0.05, 0.1) is 24.5 Å². The molecule has 272 valence electrons. The van der Waals surface area contributed by atoms with Crippen LogP contribution in [0.1, 0.15) is 93.9 Å². The van der Waals surface area contributed by atoms with Gasteiger partial charge in [0.1, 0.15) is 23.2 Å². The highest BCUT2D eigenvalue weighted by Crippen LogP contribution is 2.57. The first-order valence-electron chi connectivity index (χ1n) is 19.4. The fourth-order valence-electron chi connectivity index (χ4n) is 8.32. The Balaban J connectivity index is 1.37. The van der Waals surface area contributed by atoms with Gasteiger partial charge in [0.15, 0.2) is 14.1 Å². The van der Waals surface area contributed by atoms with E-state index in [0.717, 1.165) is 44.7 Å². The summed E-state index contributed by atoms with van der Waals surface area (Å²) in [6.07, 6.45) is 9.92. The molecule has 0 unspecified atom stereocenters. The van der Waals surface area contributed by atoms with Gasteiger partial charge in [-0.2, -0.15) is 0 Å². The molecule has 0 saturated carbocycles. The van der Waals surface area contributed by atoms with Crippen molar-refractivity contribution >= 4 is 31.5 Å². The van der Waals surface area contributed by atoms with E-state index in [9.17, 15) is 0 Å². The van der Waals surface area contributed by atoms with E-state index >= 15 is 0 Å². The molecule has 50 heavy (non-hydrogen) atoms. The molecule has 2 saturated heterocycles. The SMILES string of the molecule is C/C(=C\C[C@@H]1C[C@H](O[Si](C)(C)C(C)(C)C)C[C@]2(CC[C@H](C)[C@@H](C(C)C)O2)O1)C[C@@H](C)C[P+](c1ccccc1)(c1ccccc1)c1ccccc1. The molecule has 2 aliphatic rings. The lowest BCUT2D eigenvalue weighted by Gasteiger charge is -2.52. The topological polar surface area (TPSA) is 27.7 Å². The Bertz CT molecular complexity index is 1420. The fraction of sp³-hybridized carbons (Fsp3) is 0.556. The highest BCUT2D eigenvalue weighted by molar-refractivity contribution is 7.95. The Kier molecular flexibility index (Phi) is 12.8. The lowest BCUT2D eigenvalue weighted by molar-refractivity contribution is -0.338. The number of allylic oxidation sites excluding steroid dienone is 1. The maximum absolute atomic E-state index is 7.14. The molecule has 5 rings (SSSR count). The van der Waals surface area contributed by atoms with Crippen molar-refractivity contribution in [2.24, 2.45) is 17.8 Å². The van der Waals surface area contributed by atoms with Gasteiger partial charge >= 0.3 is 0 Å². The van der Waals surface area contributed by atoms with Crippen molar-refractivity contribution in [1.29, 1.82) is 0 Å². The van der Waals surface area contributed by atoms with Gasteiger partial charge in [-0.25, -0.2) is 0 Å². The summed E-state index contributed by atoms with van der Waals surface area (Å²) in [5.41, 5.74) is 1.45. The normalized spacial score (nSPS) is 25.9. The minimum absolute atomic E-state index is 0.0922. The van der Waals surface area contributed by atoms with Gasteiger partial charge in [0.25, 0.3) is 0 Å². The average molecular weight is 714 g/mol. The average Bonchev–Trinajstić information content (AvgIpc) is 3.08. The number of rotatable bonds is 12. The molecular formula is C45H66O3PSi+. The van der Waals surface area contributed by atoms with Crippen LogP contribution in [0.4, 0.5) is 0 Å². The van der Waals surface area contributed by atoms with Crippen LogP contribution in [0.2, 0.25) is 18.1 Å². The van der Waals surface area contributed by atoms with E-state index in [4.69, 9.17) is 13.9 Å². The molecule has 2 heterocycles. The van der Waals surface area contributed by atoms with Gasteiger partial charge in [0, 0.05) is 12.8 Å². The van der Waals surface area contributed by atoms with E-state index < -0.39 is 21.4 Å². The summed E-state index contributed by atoms with van der Waals surface area (Å²) in [4.78, 5) is 0. The van der Waals surface area contributed by atoms with Crippen LogP contribution in [0.15, 0.2) is 103 Å². The third-order valence-corrected chi connectivity index (χ3v) is 21.1. The predicted octanol–water partition coefficient (Wildman–Crippen LogP) is 11.1. The quantitative estimate of drug-likeness (QED) is 0.106. The number of benzene rings is 3. The van der Waals surface area contributed by atoms with Crippen LogP contribution in [-0.4, -0.2) is 38.6 Å². The molecule has 6 atom stereocenters. The highest BCUT2D eigenvalue weighted by atomic mass is 31.2. The molecule has 0 aliphatic carbocycles. The highest BCUT2D eigenvalue weighted by Gasteiger charge is 2.51. The Labute approximate surface area is 307 Å². The molecule has 3 nitrogen and oxygen atoms in total. The largest absolute Gasteiger partial charge is 0.414 e. The summed E-state index contributed by atoms with van der Waals surface area (Å²) in [6, 6.07) is 33.9. The molecule has 0 bridgehead atoms. The van der Waals surface area contributed by atoms with Gasteiger partial charge < -0.3 is 13.9 Å². The third-order valence-electron chi connectivity index (χ3n) is 11.8. The van der Waals surface area contributed by atoms with Crippen LogP contribution in [0.3, 0.4) is 0 Å². The predicted molar refractivity (Wildman–Crippen MR) is 219 cm³/mol. The summed E-state index contributed by atoms with van der Waals surface area (Å²) in [6.45, 7) is 23.5. The zero-order valence-electron chi connectivity index (χ0n) is 32.8. The molecule has 0 aromatic heterocycles. The first-order valence-corrected chi connectivity index (χ1v) is 24.3. The van der Waals surface area contributed by atoms with Crippen molar-refractivity contribution < 1.29 is 13.9 Å². The first kappa shape index (κ1) is 39.1. The Morgan fingerprint density at radius 2 is 1.40 bits per heavy atom. The van der Waals surface area contributed by atoms with Crippen molar-refractivity contribution in [1.82, 2.24) is 0 Å². The molecule has 2 aliphatic heterocycles. The minimum Gasteiger partial charge on any atom is -0.414 e. The zero-order valence-corrected chi connectivity index (χ0v) is 34.7. The number of hydrogen-bond donors (Lipinski definition) is 0. The van der Waals surface area contributed by atoms with Crippen LogP contribution in [0.25, 0.3) is 0 Å². The summed E-state index contributed by atoms with van der Waals surface area (Å²) >= 11 is 0. The maximum atomic E-state index is 7.14. The van der Waals surface area contributed by atoms with Crippen molar-refractivity contribution in [3.05, 3.63) is 103 Å². The summed E-state index contributed by atoms with van der Waals surface area (Å²) in [5.74, 6) is 0.971. The summed E-state index contributed by atoms with van der Waals surface area (Å²) < 4.78 is 21.2. The second-order valence-electron chi connectivity index (χ2n) is 17.5. The number of hydrogen-bond acceptors (Lipinski definition) is 3. The Hall–Kier alpha value is -2.07. The van der Waals surface area contributed by atoms with Crippen molar-refractivity contribution in [2.45, 2.75) is 136 Å². The lowest BCUT2D eigenvalue weighted by atomic mass is 9.83. The van der Waals surface area contributed by atoms with Crippen LogP contribution >= 0.6 is 7.26 Å². The molecule has 0 N–H and O–H groups in total. The Morgan fingerprint density at radius 1 is 0.880 bits per heavy atom. The van der Waals surface area contributed by atoms with Gasteiger partial charge in [-0.05, 0) is 105 Å². The molecular weight excluding hydrogens is 648 g/mol. The molecule has 1 spiro atoms. The standard InChI is InChI=1S/C45H66O3PSi/c1-34(2)43-37(5)28-29-45(47-43)32-39(48-50(9,10)44(6,7)8)31-38(46-45)27-26-35(3)30-36(4)33-49(40-20-14-11-15-21-40,41-22-16-12-17-23-41)42-24-18-13-19-25-42/h11-26,34,36-39,43H,27-33H2,1-10H3/q+1/b35-26+/t36-,37+,38-,39+,43-,45-/m1/s1. The van der Waals surface area contributed by atoms with Crippen LogP contribution in [0.5, 0.6) is 0 Å². The minimum atomic E-state index is -1.95. The fourth-order valence-corrected chi connectivity index (χ4v) is 14.3. The maximum Gasteiger partial charge on any atom is 0.192 e. The molecule has 3 aromatic carbocycles. The lowest BCUT2D eigenvalue weighted by Crippen LogP contribution is -2.56. The molecule has 0 amide bonds. The van der Waals surface area contributed by atoms with Crippen LogP contribution < -0.4 is 15.9 Å². The van der Waals surface area contributed by atoms with E-state index in [1.54, 1.807) is 0 Å². The van der Waals surface area contributed by atoms with E-state index in [1.807, 2.05) is 0 Å². The van der Waals surface area contributed by atoms with Gasteiger partial charge in [-0.3, -0.25) is 0 Å². The molecule has 0 radical (unpaired) electrons. The Morgan fingerprint density at radius 3 is 1.88 bits per heavy atom. The smallest absolute Gasteiger partial charge is 0.192 e. The second kappa shape index (κ2) is 16.3. The van der Waals surface area contributed by atoms with Crippen LogP contribution in [-0.2, 0) is 13.9 Å². The van der Waals surface area contributed by atoms with Gasteiger partial charge in [0.2, 0.25) is 0 Å². The third kappa shape index (κ3) is 9.10. The van der Waals surface area contributed by atoms with E-state index in [1.165, 1.54) is 21.5 Å². The summed E-state index contributed by atoms with van der Waals surface area (Å²) in [5, 5.41) is 4.54. The van der Waals surface area contributed by atoms with Gasteiger partial charge in [-0.1, -0.05) is 115 Å². The van der Waals surface area contributed by atoms with Crippen LogP contribution in [0, 0.1) is 17.8 Å². The molecule has 3 aromatic rings. The second-order valence-corrected chi connectivity index (χ2v) is 25.8. The molecule has 5 heteroatoms. The monoisotopic (exact) mass is 713 g/mol. The molecule has 2 fully saturated rings. The van der Waals surface area contributed by atoms with Crippen molar-refractivity contribution in [2.75, 3.05) is 6.16 Å². The first-order chi connectivity index (χ1) is 23.6. The van der Waals surface area contributed by atoms with E-state index in [0.29, 0.717) is 17.8 Å². The summed E-state index contributed by atoms with van der Waals surface area (Å²) in [7, 11) is -3.83. The van der Waals surface area contributed by atoms with Crippen molar-refractivity contribution in [3.63, 3.8) is 0 Å². The number of ether oxygens (including phenoxy) is 2. The van der Waals surface area contributed by atoms with Gasteiger partial charge in [-0.15, -0.1) is 0 Å². The van der Waals surface area contributed by atoms with E-state index in [2.05, 4.69) is 166 Å². The zero-order chi connectivity index (χ0) is 36.2. The van der Waals surface area contributed by atoms with E-state index in [-0.39, 0.29) is 23.4 Å². The van der Waals surface area contributed by atoms with Crippen molar-refractivity contribution in [3.8, 4) is 0 Å².